The molecule has 1 aromatic carbocycles. The topological polar surface area (TPSA) is 56.7 Å². The fourth-order valence-corrected chi connectivity index (χ4v) is 3.20. The van der Waals surface area contributed by atoms with Gasteiger partial charge in [0.1, 0.15) is 0 Å². The normalized spacial score (nSPS) is 11.7. The fourth-order valence-electron chi connectivity index (χ4n) is 2.58. The third-order valence-corrected chi connectivity index (χ3v) is 4.56. The largest absolute Gasteiger partial charge is 0.334 e. The molecule has 3 heterocycles. The third kappa shape index (κ3) is 2.88. The lowest BCUT2D eigenvalue weighted by molar-refractivity contribution is 0.411. The first-order valence-electron chi connectivity index (χ1n) is 7.84. The van der Waals surface area contributed by atoms with E-state index in [1.54, 1.807) is 11.3 Å². The van der Waals surface area contributed by atoms with E-state index in [4.69, 9.17) is 4.52 Å². The first kappa shape index (κ1) is 14.8. The number of thiophene rings is 1. The van der Waals surface area contributed by atoms with E-state index in [0.717, 1.165) is 34.4 Å². The molecular weight excluding hydrogens is 320 g/mol. The quantitative estimate of drug-likeness (QED) is 0.529. The monoisotopic (exact) mass is 336 g/mol. The maximum Gasteiger partial charge on any atom is 0.250 e. The van der Waals surface area contributed by atoms with Crippen LogP contribution in [0.25, 0.3) is 34.6 Å². The number of fused-ring (bicyclic) bond motifs is 1. The van der Waals surface area contributed by atoms with Gasteiger partial charge in [0.15, 0.2) is 0 Å². The molecule has 0 aliphatic carbocycles. The van der Waals surface area contributed by atoms with E-state index in [0.29, 0.717) is 11.7 Å². The molecule has 0 aliphatic heterocycles. The van der Waals surface area contributed by atoms with Crippen LogP contribution in [0.15, 0.2) is 46.6 Å². The van der Waals surface area contributed by atoms with Crippen molar-refractivity contribution in [1.29, 1.82) is 0 Å². The van der Waals surface area contributed by atoms with Gasteiger partial charge < -0.3 is 9.09 Å². The molecule has 0 spiro atoms. The Morgan fingerprint density at radius 1 is 1.25 bits per heavy atom. The summed E-state index contributed by atoms with van der Waals surface area (Å²) in [7, 11) is 0. The molecule has 24 heavy (non-hydrogen) atoms. The predicted molar refractivity (Wildman–Crippen MR) is 96.6 cm³/mol. The van der Waals surface area contributed by atoms with Gasteiger partial charge in [-0.25, -0.2) is 4.98 Å². The number of benzene rings is 1. The highest BCUT2D eigenvalue weighted by molar-refractivity contribution is 7.10. The molecule has 0 saturated heterocycles. The molecule has 0 aliphatic rings. The molecule has 4 rings (SSSR count). The van der Waals surface area contributed by atoms with Crippen molar-refractivity contribution in [2.45, 2.75) is 19.9 Å². The average Bonchev–Trinajstić information content (AvgIpc) is 3.34. The van der Waals surface area contributed by atoms with E-state index in [9.17, 15) is 0 Å². The third-order valence-electron chi connectivity index (χ3n) is 3.72. The van der Waals surface area contributed by atoms with Gasteiger partial charge in [0, 0.05) is 23.1 Å². The zero-order valence-corrected chi connectivity index (χ0v) is 14.0. The summed E-state index contributed by atoms with van der Waals surface area (Å²) in [6.07, 6.45) is 6.76. The Kier molecular flexibility index (Phi) is 3.96. The first-order valence-corrected chi connectivity index (χ1v) is 8.72. The van der Waals surface area contributed by atoms with Crippen LogP contribution in [0.1, 0.15) is 24.1 Å². The van der Waals surface area contributed by atoms with E-state index in [1.165, 1.54) is 0 Å². The summed E-state index contributed by atoms with van der Waals surface area (Å²) < 4.78 is 7.46. The average molecular weight is 336 g/mol. The lowest BCUT2D eigenvalue weighted by atomic mass is 10.2. The Morgan fingerprint density at radius 3 is 3.04 bits per heavy atom. The lowest BCUT2D eigenvalue weighted by Gasteiger charge is -2.01. The van der Waals surface area contributed by atoms with Crippen molar-refractivity contribution in [3.63, 3.8) is 0 Å². The van der Waals surface area contributed by atoms with Crippen LogP contribution in [0, 0.1) is 0 Å². The Morgan fingerprint density at radius 2 is 2.21 bits per heavy atom. The zero-order chi connectivity index (χ0) is 16.4. The Labute approximate surface area is 143 Å². The molecule has 0 fully saturated rings. The smallest absolute Gasteiger partial charge is 0.250 e. The second-order valence-corrected chi connectivity index (χ2v) is 6.43. The van der Waals surface area contributed by atoms with Crippen molar-refractivity contribution in [2.75, 3.05) is 0 Å². The maximum atomic E-state index is 5.30. The van der Waals surface area contributed by atoms with E-state index in [-0.39, 0.29) is 0 Å². The van der Waals surface area contributed by atoms with Crippen molar-refractivity contribution in [1.82, 2.24) is 19.7 Å². The van der Waals surface area contributed by atoms with Gasteiger partial charge in [-0.15, -0.1) is 11.3 Å². The molecule has 0 bridgehead atoms. The number of imidazole rings is 1. The van der Waals surface area contributed by atoms with Gasteiger partial charge in [-0.2, -0.15) is 4.98 Å². The van der Waals surface area contributed by atoms with Crippen LogP contribution >= 0.6 is 11.3 Å². The van der Waals surface area contributed by atoms with Gasteiger partial charge >= 0.3 is 0 Å². The molecule has 4 aromatic rings. The number of aryl methyl sites for hydroxylation is 1. The molecule has 0 N–H and O–H groups in total. The molecule has 0 atom stereocenters. The SMILES string of the molecule is CCCn1cnc2cc(-c3noc(/C=C/c4cccs4)n3)ccc21. The van der Waals surface area contributed by atoms with Gasteiger partial charge in [0.2, 0.25) is 5.82 Å². The Balaban J connectivity index is 1.61. The molecule has 0 saturated carbocycles. The molecule has 0 radical (unpaired) electrons. The van der Waals surface area contributed by atoms with E-state index < -0.39 is 0 Å². The van der Waals surface area contributed by atoms with Crippen LogP contribution < -0.4 is 0 Å². The summed E-state index contributed by atoms with van der Waals surface area (Å²) in [5.74, 6) is 1.07. The van der Waals surface area contributed by atoms with Crippen LogP contribution in [0.3, 0.4) is 0 Å². The number of aromatic nitrogens is 4. The molecule has 0 unspecified atom stereocenters. The summed E-state index contributed by atoms with van der Waals surface area (Å²) in [5.41, 5.74) is 2.98. The second-order valence-electron chi connectivity index (χ2n) is 5.45. The number of hydrogen-bond acceptors (Lipinski definition) is 5. The maximum absolute atomic E-state index is 5.30. The highest BCUT2D eigenvalue weighted by atomic mass is 32.1. The highest BCUT2D eigenvalue weighted by Crippen LogP contribution is 2.22. The molecule has 5 nitrogen and oxygen atoms in total. The summed E-state index contributed by atoms with van der Waals surface area (Å²) >= 11 is 1.67. The Bertz CT molecular complexity index is 982. The molecular formula is C18H16N4OS. The highest BCUT2D eigenvalue weighted by Gasteiger charge is 2.09. The van der Waals surface area contributed by atoms with Gasteiger partial charge in [0.05, 0.1) is 17.4 Å². The number of rotatable bonds is 5. The summed E-state index contributed by atoms with van der Waals surface area (Å²) in [5, 5.41) is 6.10. The van der Waals surface area contributed by atoms with Gasteiger partial charge in [-0.05, 0) is 42.1 Å². The minimum atomic E-state index is 0.495. The Hall–Kier alpha value is -2.73. The summed E-state index contributed by atoms with van der Waals surface area (Å²) in [6.45, 7) is 3.13. The minimum Gasteiger partial charge on any atom is -0.334 e. The van der Waals surface area contributed by atoms with Crippen LogP contribution in [-0.4, -0.2) is 19.7 Å². The van der Waals surface area contributed by atoms with Gasteiger partial charge in [0.25, 0.3) is 5.89 Å². The van der Waals surface area contributed by atoms with Gasteiger partial charge in [-0.1, -0.05) is 18.1 Å². The summed E-state index contributed by atoms with van der Waals surface area (Å²) in [4.78, 5) is 10.1. The molecule has 3 aromatic heterocycles. The fraction of sp³-hybridized carbons (Fsp3) is 0.167. The van der Waals surface area contributed by atoms with Crippen molar-refractivity contribution in [2.24, 2.45) is 0 Å². The van der Waals surface area contributed by atoms with Crippen molar-refractivity contribution in [3.05, 3.63) is 52.8 Å². The first-order chi connectivity index (χ1) is 11.8. The zero-order valence-electron chi connectivity index (χ0n) is 13.2. The van der Waals surface area contributed by atoms with Crippen LogP contribution in [0.2, 0.25) is 0 Å². The summed E-state index contributed by atoms with van der Waals surface area (Å²) in [6, 6.07) is 10.1. The van der Waals surface area contributed by atoms with Crippen LogP contribution in [0.4, 0.5) is 0 Å². The van der Waals surface area contributed by atoms with Gasteiger partial charge in [-0.3, -0.25) is 0 Å². The molecule has 120 valence electrons. The standard InChI is InChI=1S/C18H16N4OS/c1-2-9-22-12-19-15-11-13(5-7-16(15)22)18-20-17(23-21-18)8-6-14-4-3-10-24-14/h3-8,10-12H,2,9H2,1H3/b8-6+. The van der Waals surface area contributed by atoms with Crippen LogP contribution in [0.5, 0.6) is 0 Å². The number of nitrogens with zero attached hydrogens (tertiary/aromatic N) is 4. The minimum absolute atomic E-state index is 0.495. The number of hydrogen-bond donors (Lipinski definition) is 0. The van der Waals surface area contributed by atoms with Crippen molar-refractivity contribution >= 4 is 34.5 Å². The molecule has 0 amide bonds. The second kappa shape index (κ2) is 6.41. The van der Waals surface area contributed by atoms with Crippen molar-refractivity contribution in [3.8, 4) is 11.4 Å². The van der Waals surface area contributed by atoms with E-state index in [2.05, 4.69) is 32.7 Å². The van der Waals surface area contributed by atoms with E-state index in [1.807, 2.05) is 48.1 Å². The predicted octanol–water partition coefficient (Wildman–Crippen LogP) is 4.73. The van der Waals surface area contributed by atoms with Crippen molar-refractivity contribution < 1.29 is 4.52 Å². The lowest BCUT2D eigenvalue weighted by Crippen LogP contribution is -1.93. The van der Waals surface area contributed by atoms with Crippen LogP contribution in [-0.2, 0) is 6.54 Å². The molecule has 6 heteroatoms. The van der Waals surface area contributed by atoms with E-state index >= 15 is 0 Å².